The molecule has 2 aliphatic heterocycles. The zero-order valence-electron chi connectivity index (χ0n) is 12.9. The van der Waals surface area contributed by atoms with E-state index in [0.29, 0.717) is 0 Å². The van der Waals surface area contributed by atoms with E-state index in [-0.39, 0.29) is 6.79 Å². The number of nitrogens with zero attached hydrogens (tertiary/aromatic N) is 3. The van der Waals surface area contributed by atoms with Crippen molar-refractivity contribution in [2.45, 2.75) is 0 Å². The van der Waals surface area contributed by atoms with Crippen molar-refractivity contribution in [3.05, 3.63) is 30.5 Å². The van der Waals surface area contributed by atoms with Gasteiger partial charge in [-0.3, -0.25) is 4.98 Å². The standard InChI is InChI=1S/C17H15N3O3S/c1-2-14-15(23-10-22-14)8-11(1)12-7-13-16(18-9-12)17(24-19-13)20-3-5-21-6-4-20/h1-2,7-9H,3-6,10H2. The van der Waals surface area contributed by atoms with Crippen LogP contribution in [0.2, 0.25) is 0 Å². The maximum atomic E-state index is 5.46. The SMILES string of the molecule is c1cc2c(cc1-c1cnc3c(N4CCOCC4)snc3c1)OCO2. The number of hydrogen-bond acceptors (Lipinski definition) is 7. The fourth-order valence-electron chi connectivity index (χ4n) is 3.03. The fourth-order valence-corrected chi connectivity index (χ4v) is 3.90. The van der Waals surface area contributed by atoms with Gasteiger partial charge in [-0.25, -0.2) is 0 Å². The van der Waals surface area contributed by atoms with E-state index in [9.17, 15) is 0 Å². The van der Waals surface area contributed by atoms with Crippen LogP contribution >= 0.6 is 11.5 Å². The first kappa shape index (κ1) is 14.0. The third-order valence-corrected chi connectivity index (χ3v) is 5.22. The lowest BCUT2D eigenvalue weighted by Crippen LogP contribution is -2.35. The van der Waals surface area contributed by atoms with Crippen LogP contribution in [0.3, 0.4) is 0 Å². The normalized spacial score (nSPS) is 16.8. The molecule has 2 aromatic heterocycles. The summed E-state index contributed by atoms with van der Waals surface area (Å²) in [5, 5.41) is 1.13. The highest BCUT2D eigenvalue weighted by molar-refractivity contribution is 7.11. The Bertz CT molecular complexity index is 905. The van der Waals surface area contributed by atoms with Gasteiger partial charge in [-0.2, -0.15) is 4.37 Å². The summed E-state index contributed by atoms with van der Waals surface area (Å²) in [5.74, 6) is 1.57. The van der Waals surface area contributed by atoms with Gasteiger partial charge in [-0.1, -0.05) is 6.07 Å². The second-order valence-electron chi connectivity index (χ2n) is 5.75. The van der Waals surface area contributed by atoms with Crippen LogP contribution in [0.4, 0.5) is 5.00 Å². The van der Waals surface area contributed by atoms with E-state index < -0.39 is 0 Å². The molecule has 4 heterocycles. The van der Waals surface area contributed by atoms with E-state index >= 15 is 0 Å². The number of anilines is 1. The van der Waals surface area contributed by atoms with Crippen molar-refractivity contribution in [3.63, 3.8) is 0 Å². The van der Waals surface area contributed by atoms with Gasteiger partial charge in [-0.15, -0.1) is 0 Å². The van der Waals surface area contributed by atoms with Crippen LogP contribution in [0.25, 0.3) is 22.2 Å². The molecular weight excluding hydrogens is 326 g/mol. The van der Waals surface area contributed by atoms with Crippen molar-refractivity contribution in [1.82, 2.24) is 9.36 Å². The van der Waals surface area contributed by atoms with Crippen LogP contribution in [0.1, 0.15) is 0 Å². The van der Waals surface area contributed by atoms with Gasteiger partial charge in [0, 0.05) is 24.8 Å². The molecule has 0 N–H and O–H groups in total. The summed E-state index contributed by atoms with van der Waals surface area (Å²) in [4.78, 5) is 6.98. The van der Waals surface area contributed by atoms with E-state index in [0.717, 1.165) is 65.0 Å². The third kappa shape index (κ3) is 2.28. The van der Waals surface area contributed by atoms with Gasteiger partial charge in [0.1, 0.15) is 16.0 Å². The fraction of sp³-hybridized carbons (Fsp3) is 0.294. The van der Waals surface area contributed by atoms with Gasteiger partial charge in [-0.05, 0) is 35.3 Å². The highest BCUT2D eigenvalue weighted by atomic mass is 32.1. The Balaban J connectivity index is 1.52. The molecule has 122 valence electrons. The minimum absolute atomic E-state index is 0.283. The Kier molecular flexibility index (Phi) is 3.27. The summed E-state index contributed by atoms with van der Waals surface area (Å²) >= 11 is 1.51. The number of hydrogen-bond donors (Lipinski definition) is 0. The maximum absolute atomic E-state index is 5.46. The molecule has 1 saturated heterocycles. The smallest absolute Gasteiger partial charge is 0.231 e. The molecule has 2 aliphatic rings. The van der Waals surface area contributed by atoms with Crippen molar-refractivity contribution in [2.75, 3.05) is 38.0 Å². The zero-order valence-corrected chi connectivity index (χ0v) is 13.7. The number of morpholine rings is 1. The van der Waals surface area contributed by atoms with E-state index in [1.807, 2.05) is 24.4 Å². The summed E-state index contributed by atoms with van der Waals surface area (Å²) < 4.78 is 20.8. The first-order chi connectivity index (χ1) is 11.9. The molecular formula is C17H15N3O3S. The molecule has 0 aliphatic carbocycles. The molecule has 24 heavy (non-hydrogen) atoms. The van der Waals surface area contributed by atoms with Crippen molar-refractivity contribution < 1.29 is 14.2 Å². The molecule has 0 amide bonds. The zero-order chi connectivity index (χ0) is 15.9. The van der Waals surface area contributed by atoms with Gasteiger partial charge in [0.2, 0.25) is 6.79 Å². The lowest BCUT2D eigenvalue weighted by molar-refractivity contribution is 0.123. The largest absolute Gasteiger partial charge is 0.454 e. The van der Waals surface area contributed by atoms with E-state index in [1.54, 1.807) is 0 Å². The molecule has 3 aromatic rings. The number of rotatable bonds is 2. The maximum Gasteiger partial charge on any atom is 0.231 e. The molecule has 0 saturated carbocycles. The minimum atomic E-state index is 0.283. The Morgan fingerprint density at radius 3 is 2.79 bits per heavy atom. The summed E-state index contributed by atoms with van der Waals surface area (Å²) in [7, 11) is 0. The monoisotopic (exact) mass is 341 g/mol. The van der Waals surface area contributed by atoms with Crippen molar-refractivity contribution in [1.29, 1.82) is 0 Å². The molecule has 0 atom stereocenters. The van der Waals surface area contributed by atoms with Gasteiger partial charge < -0.3 is 19.1 Å². The molecule has 1 aromatic carbocycles. The van der Waals surface area contributed by atoms with E-state index in [2.05, 4.69) is 20.3 Å². The molecule has 0 unspecified atom stereocenters. The predicted molar refractivity (Wildman–Crippen MR) is 92.0 cm³/mol. The van der Waals surface area contributed by atoms with Crippen LogP contribution in [0, 0.1) is 0 Å². The summed E-state index contributed by atoms with van der Waals surface area (Å²) in [6.07, 6.45) is 1.90. The van der Waals surface area contributed by atoms with Crippen molar-refractivity contribution >= 4 is 27.6 Å². The van der Waals surface area contributed by atoms with Crippen LogP contribution < -0.4 is 14.4 Å². The van der Waals surface area contributed by atoms with Gasteiger partial charge in [0.05, 0.1) is 13.2 Å². The average molecular weight is 341 g/mol. The molecule has 0 bridgehead atoms. The Morgan fingerprint density at radius 2 is 1.88 bits per heavy atom. The Morgan fingerprint density at radius 1 is 1.00 bits per heavy atom. The number of ether oxygens (including phenoxy) is 3. The Labute approximate surface area is 142 Å². The molecule has 6 nitrogen and oxygen atoms in total. The van der Waals surface area contributed by atoms with E-state index in [4.69, 9.17) is 14.2 Å². The van der Waals surface area contributed by atoms with Crippen LogP contribution in [-0.2, 0) is 4.74 Å². The van der Waals surface area contributed by atoms with Gasteiger partial charge in [0.25, 0.3) is 0 Å². The molecule has 0 radical (unpaired) electrons. The minimum Gasteiger partial charge on any atom is -0.454 e. The first-order valence-electron chi connectivity index (χ1n) is 7.87. The molecule has 7 heteroatoms. The lowest BCUT2D eigenvalue weighted by atomic mass is 10.1. The van der Waals surface area contributed by atoms with Crippen molar-refractivity contribution in [2.24, 2.45) is 0 Å². The second-order valence-corrected chi connectivity index (χ2v) is 6.50. The molecule has 1 fully saturated rings. The lowest BCUT2D eigenvalue weighted by Gasteiger charge is -2.26. The van der Waals surface area contributed by atoms with Crippen LogP contribution in [0.15, 0.2) is 30.5 Å². The Hall–Kier alpha value is -2.38. The highest BCUT2D eigenvalue weighted by Gasteiger charge is 2.19. The number of pyridine rings is 1. The summed E-state index contributed by atoms with van der Waals surface area (Å²) in [6.45, 7) is 3.58. The quantitative estimate of drug-likeness (QED) is 0.714. The second kappa shape index (κ2) is 5.61. The van der Waals surface area contributed by atoms with E-state index in [1.165, 1.54) is 11.5 Å². The summed E-state index contributed by atoms with van der Waals surface area (Å²) in [5.41, 5.74) is 3.97. The number of aromatic nitrogens is 2. The third-order valence-electron chi connectivity index (χ3n) is 4.30. The average Bonchev–Trinajstić information content (AvgIpc) is 3.28. The molecule has 0 spiro atoms. The van der Waals surface area contributed by atoms with Crippen LogP contribution in [0.5, 0.6) is 11.5 Å². The number of benzene rings is 1. The molecule has 5 rings (SSSR count). The highest BCUT2D eigenvalue weighted by Crippen LogP contribution is 2.37. The van der Waals surface area contributed by atoms with Gasteiger partial charge in [0.15, 0.2) is 11.5 Å². The van der Waals surface area contributed by atoms with Crippen LogP contribution in [-0.4, -0.2) is 42.5 Å². The van der Waals surface area contributed by atoms with Gasteiger partial charge >= 0.3 is 0 Å². The number of fused-ring (bicyclic) bond motifs is 2. The van der Waals surface area contributed by atoms with Crippen molar-refractivity contribution in [3.8, 4) is 22.6 Å². The summed E-state index contributed by atoms with van der Waals surface area (Å²) in [6, 6.07) is 8.02. The predicted octanol–water partition coefficient (Wildman–Crippen LogP) is 2.92. The first-order valence-corrected chi connectivity index (χ1v) is 8.64. The topological polar surface area (TPSA) is 56.7 Å².